The van der Waals surface area contributed by atoms with Gasteiger partial charge in [-0.2, -0.15) is 0 Å². The molecule has 3 nitrogen and oxygen atoms in total. The molecular formula is C12H25ClN2O. The first kappa shape index (κ1) is 14.2. The number of halogens is 1. The van der Waals surface area contributed by atoms with Gasteiger partial charge < -0.3 is 15.4 Å². The Morgan fingerprint density at radius 1 is 1.19 bits per heavy atom. The highest BCUT2D eigenvalue weighted by Crippen LogP contribution is 2.17. The van der Waals surface area contributed by atoms with Crippen molar-refractivity contribution in [3.05, 3.63) is 0 Å². The van der Waals surface area contributed by atoms with E-state index in [0.29, 0.717) is 12.1 Å². The van der Waals surface area contributed by atoms with Crippen LogP contribution >= 0.6 is 12.4 Å². The third kappa shape index (κ3) is 4.58. The van der Waals surface area contributed by atoms with Crippen LogP contribution in [0.2, 0.25) is 0 Å². The van der Waals surface area contributed by atoms with Crippen molar-refractivity contribution in [2.24, 2.45) is 5.73 Å². The highest BCUT2D eigenvalue weighted by atomic mass is 35.5. The van der Waals surface area contributed by atoms with Gasteiger partial charge in [-0.3, -0.25) is 0 Å². The third-order valence-corrected chi connectivity index (χ3v) is 3.58. The fraction of sp³-hybridized carbons (Fsp3) is 1.00. The van der Waals surface area contributed by atoms with E-state index < -0.39 is 0 Å². The molecule has 2 saturated heterocycles. The van der Waals surface area contributed by atoms with Crippen molar-refractivity contribution in [1.29, 1.82) is 0 Å². The van der Waals surface area contributed by atoms with Crippen molar-refractivity contribution in [2.75, 3.05) is 26.2 Å². The molecule has 2 atom stereocenters. The molecule has 0 radical (unpaired) electrons. The van der Waals surface area contributed by atoms with Crippen molar-refractivity contribution in [2.45, 2.75) is 50.7 Å². The van der Waals surface area contributed by atoms with Crippen LogP contribution in [0.25, 0.3) is 0 Å². The smallest absolute Gasteiger partial charge is 0.0587 e. The molecule has 2 heterocycles. The lowest BCUT2D eigenvalue weighted by molar-refractivity contribution is 0.00414. The molecule has 2 aliphatic heterocycles. The van der Waals surface area contributed by atoms with Gasteiger partial charge in [-0.25, -0.2) is 0 Å². The molecule has 0 amide bonds. The molecule has 4 heteroatoms. The summed E-state index contributed by atoms with van der Waals surface area (Å²) in [6.07, 6.45) is 8.07. The first-order valence-electron chi connectivity index (χ1n) is 6.44. The van der Waals surface area contributed by atoms with Gasteiger partial charge >= 0.3 is 0 Å². The van der Waals surface area contributed by atoms with E-state index in [0.717, 1.165) is 13.2 Å². The van der Waals surface area contributed by atoms with Crippen molar-refractivity contribution in [1.82, 2.24) is 4.90 Å². The summed E-state index contributed by atoms with van der Waals surface area (Å²) >= 11 is 0. The van der Waals surface area contributed by atoms with Crippen molar-refractivity contribution >= 4 is 12.4 Å². The zero-order chi connectivity index (χ0) is 10.5. The predicted octanol–water partition coefficient (Wildman–Crippen LogP) is 1.79. The molecule has 0 aromatic rings. The van der Waals surface area contributed by atoms with Gasteiger partial charge in [-0.05, 0) is 45.1 Å². The second kappa shape index (κ2) is 7.49. The number of hydrogen-bond donors (Lipinski definition) is 1. The van der Waals surface area contributed by atoms with Gasteiger partial charge in [0.05, 0.1) is 6.10 Å². The molecule has 0 saturated carbocycles. The van der Waals surface area contributed by atoms with Gasteiger partial charge in [0.15, 0.2) is 0 Å². The Labute approximate surface area is 105 Å². The fourth-order valence-corrected chi connectivity index (χ4v) is 2.66. The summed E-state index contributed by atoms with van der Waals surface area (Å²) in [6.45, 7) is 4.48. The Bertz CT molecular complexity index is 186. The van der Waals surface area contributed by atoms with E-state index in [2.05, 4.69) is 4.90 Å². The normalized spacial score (nSPS) is 32.1. The van der Waals surface area contributed by atoms with E-state index in [1.54, 1.807) is 0 Å². The maximum atomic E-state index is 5.96. The minimum Gasteiger partial charge on any atom is -0.378 e. The third-order valence-electron chi connectivity index (χ3n) is 3.58. The van der Waals surface area contributed by atoms with Gasteiger partial charge in [-0.15, -0.1) is 12.4 Å². The molecule has 16 heavy (non-hydrogen) atoms. The van der Waals surface area contributed by atoms with Crippen LogP contribution in [-0.4, -0.2) is 43.3 Å². The summed E-state index contributed by atoms with van der Waals surface area (Å²) in [5, 5.41) is 0. The van der Waals surface area contributed by atoms with E-state index in [9.17, 15) is 0 Å². The molecule has 0 aliphatic carbocycles. The molecule has 0 bridgehead atoms. The zero-order valence-corrected chi connectivity index (χ0v) is 10.9. The van der Waals surface area contributed by atoms with Gasteiger partial charge in [0, 0.05) is 25.7 Å². The standard InChI is InChI=1S/C12H24N2O.ClH/c13-11-4-3-7-14(10-11)8-6-12-5-1-2-9-15-12;/h11-12H,1-10,13H2;1H. The van der Waals surface area contributed by atoms with E-state index in [-0.39, 0.29) is 12.4 Å². The fourth-order valence-electron chi connectivity index (χ4n) is 2.66. The molecule has 2 rings (SSSR count). The Balaban J connectivity index is 0.00000128. The molecule has 96 valence electrons. The quantitative estimate of drug-likeness (QED) is 0.828. The van der Waals surface area contributed by atoms with E-state index in [1.807, 2.05) is 0 Å². The molecule has 0 aromatic carbocycles. The summed E-state index contributed by atoms with van der Waals surface area (Å²) in [7, 11) is 0. The number of hydrogen-bond acceptors (Lipinski definition) is 3. The van der Waals surface area contributed by atoms with Crippen LogP contribution in [0.3, 0.4) is 0 Å². The number of ether oxygens (including phenoxy) is 1. The number of nitrogens with two attached hydrogens (primary N) is 1. The Kier molecular flexibility index (Phi) is 6.66. The van der Waals surface area contributed by atoms with Gasteiger partial charge in [0.1, 0.15) is 0 Å². The topological polar surface area (TPSA) is 38.5 Å². The molecular weight excluding hydrogens is 224 g/mol. The van der Waals surface area contributed by atoms with Crippen LogP contribution in [0.15, 0.2) is 0 Å². The zero-order valence-electron chi connectivity index (χ0n) is 10.1. The Morgan fingerprint density at radius 2 is 2.06 bits per heavy atom. The minimum atomic E-state index is 0. The summed E-state index contributed by atoms with van der Waals surface area (Å²) in [6, 6.07) is 0.408. The summed E-state index contributed by atoms with van der Waals surface area (Å²) in [4.78, 5) is 2.51. The Hall–Kier alpha value is 0.170. The lowest BCUT2D eigenvalue weighted by Gasteiger charge is -2.32. The first-order chi connectivity index (χ1) is 7.34. The maximum absolute atomic E-state index is 5.96. The highest BCUT2D eigenvalue weighted by Gasteiger charge is 2.19. The number of piperidine rings is 1. The van der Waals surface area contributed by atoms with E-state index >= 15 is 0 Å². The van der Waals surface area contributed by atoms with Gasteiger partial charge in [0.2, 0.25) is 0 Å². The van der Waals surface area contributed by atoms with E-state index in [1.165, 1.54) is 51.6 Å². The van der Waals surface area contributed by atoms with E-state index in [4.69, 9.17) is 10.5 Å². The molecule has 0 aromatic heterocycles. The van der Waals surface area contributed by atoms with Gasteiger partial charge in [-0.1, -0.05) is 0 Å². The SMILES string of the molecule is Cl.NC1CCCN(CCC2CCCCO2)C1. The first-order valence-corrected chi connectivity index (χ1v) is 6.44. The molecule has 0 spiro atoms. The predicted molar refractivity (Wildman–Crippen MR) is 69.1 cm³/mol. The van der Waals surface area contributed by atoms with Crippen LogP contribution in [0.5, 0.6) is 0 Å². The van der Waals surface area contributed by atoms with Crippen LogP contribution in [0, 0.1) is 0 Å². The average molecular weight is 249 g/mol. The second-order valence-corrected chi connectivity index (χ2v) is 4.98. The average Bonchev–Trinajstić information content (AvgIpc) is 2.28. The lowest BCUT2D eigenvalue weighted by Crippen LogP contribution is -2.43. The van der Waals surface area contributed by atoms with Crippen molar-refractivity contribution in [3.63, 3.8) is 0 Å². The maximum Gasteiger partial charge on any atom is 0.0587 e. The monoisotopic (exact) mass is 248 g/mol. The summed E-state index contributed by atoms with van der Waals surface area (Å²) in [5.41, 5.74) is 5.96. The Morgan fingerprint density at radius 3 is 2.75 bits per heavy atom. The number of likely N-dealkylation sites (tertiary alicyclic amines) is 1. The number of rotatable bonds is 3. The minimum absolute atomic E-state index is 0. The highest BCUT2D eigenvalue weighted by molar-refractivity contribution is 5.85. The van der Waals surface area contributed by atoms with Gasteiger partial charge in [0.25, 0.3) is 0 Å². The molecule has 2 unspecified atom stereocenters. The van der Waals surface area contributed by atoms with Crippen LogP contribution < -0.4 is 5.73 Å². The number of nitrogens with zero attached hydrogens (tertiary/aromatic N) is 1. The molecule has 2 aliphatic rings. The van der Waals surface area contributed by atoms with Crippen molar-refractivity contribution < 1.29 is 4.74 Å². The van der Waals surface area contributed by atoms with Crippen LogP contribution in [0.4, 0.5) is 0 Å². The van der Waals surface area contributed by atoms with Crippen LogP contribution in [-0.2, 0) is 4.74 Å². The largest absolute Gasteiger partial charge is 0.378 e. The lowest BCUT2D eigenvalue weighted by atomic mass is 10.0. The second-order valence-electron chi connectivity index (χ2n) is 4.98. The summed E-state index contributed by atoms with van der Waals surface area (Å²) in [5.74, 6) is 0. The molecule has 2 N–H and O–H groups in total. The molecule has 2 fully saturated rings. The van der Waals surface area contributed by atoms with Crippen molar-refractivity contribution in [3.8, 4) is 0 Å². The van der Waals surface area contributed by atoms with Crippen LogP contribution in [0.1, 0.15) is 38.5 Å². The summed E-state index contributed by atoms with van der Waals surface area (Å²) < 4.78 is 5.74.